The summed E-state index contributed by atoms with van der Waals surface area (Å²) in [5, 5.41) is 12.8. The van der Waals surface area contributed by atoms with Crippen molar-refractivity contribution in [3.8, 4) is 0 Å². The molecule has 0 aliphatic carbocycles. The summed E-state index contributed by atoms with van der Waals surface area (Å²) >= 11 is 8.84. The Morgan fingerprint density at radius 3 is 2.89 bits per heavy atom. The number of carbonyl (C=O) groups excluding carboxylic acids is 1. The van der Waals surface area contributed by atoms with Gasteiger partial charge in [-0.15, -0.1) is 10.2 Å². The molecule has 0 saturated heterocycles. The third kappa shape index (κ3) is 4.61. The van der Waals surface area contributed by atoms with Crippen LogP contribution in [0.4, 0.5) is 10.8 Å². The minimum Gasteiger partial charge on any atom is -0.337 e. The first-order valence-electron chi connectivity index (χ1n) is 8.51. The van der Waals surface area contributed by atoms with E-state index in [9.17, 15) is 4.79 Å². The molecule has 8 heteroatoms. The van der Waals surface area contributed by atoms with Crippen LogP contribution in [0.25, 0.3) is 0 Å². The van der Waals surface area contributed by atoms with E-state index < -0.39 is 0 Å². The second kappa shape index (κ2) is 8.29. The highest BCUT2D eigenvalue weighted by molar-refractivity contribution is 8.01. The van der Waals surface area contributed by atoms with Gasteiger partial charge in [-0.1, -0.05) is 65.0 Å². The third-order valence-electron chi connectivity index (χ3n) is 4.28. The van der Waals surface area contributed by atoms with Gasteiger partial charge < -0.3 is 10.2 Å². The smallest absolute Gasteiger partial charge is 0.233 e. The molecule has 27 heavy (non-hydrogen) atoms. The van der Waals surface area contributed by atoms with Crippen LogP contribution in [0.2, 0.25) is 5.02 Å². The molecule has 1 N–H and O–H groups in total. The maximum Gasteiger partial charge on any atom is 0.233 e. The van der Waals surface area contributed by atoms with E-state index in [1.165, 1.54) is 34.2 Å². The SMILES string of the molecule is O=C(CSc1nnc(Nc2cccc(Cl)c2)s1)N1CCc2ccccc2C1. The van der Waals surface area contributed by atoms with Gasteiger partial charge in [0.05, 0.1) is 5.75 Å². The molecule has 5 nitrogen and oxygen atoms in total. The van der Waals surface area contributed by atoms with Crippen LogP contribution < -0.4 is 5.32 Å². The molecule has 0 bridgehead atoms. The molecule has 1 aliphatic heterocycles. The number of aromatic nitrogens is 2. The molecule has 3 aromatic rings. The second-order valence-electron chi connectivity index (χ2n) is 6.13. The number of hydrogen-bond donors (Lipinski definition) is 1. The van der Waals surface area contributed by atoms with E-state index >= 15 is 0 Å². The van der Waals surface area contributed by atoms with E-state index in [0.29, 0.717) is 22.5 Å². The highest BCUT2D eigenvalue weighted by atomic mass is 35.5. The standard InChI is InChI=1S/C19H17ClN4OS2/c20-15-6-3-7-16(10-15)21-18-22-23-19(27-18)26-12-17(25)24-9-8-13-4-1-2-5-14(13)11-24/h1-7,10H,8-9,11-12H2,(H,21,22). The normalized spacial score (nSPS) is 13.3. The maximum absolute atomic E-state index is 12.5. The topological polar surface area (TPSA) is 58.1 Å². The van der Waals surface area contributed by atoms with E-state index in [1.807, 2.05) is 35.2 Å². The first kappa shape index (κ1) is 18.3. The fourth-order valence-corrected chi connectivity index (χ4v) is 4.80. The Kier molecular flexibility index (Phi) is 5.61. The van der Waals surface area contributed by atoms with Crippen molar-refractivity contribution in [2.24, 2.45) is 0 Å². The molecule has 2 heterocycles. The van der Waals surface area contributed by atoms with Crippen LogP contribution in [0, 0.1) is 0 Å². The fourth-order valence-electron chi connectivity index (χ4n) is 2.93. The van der Waals surface area contributed by atoms with Crippen molar-refractivity contribution in [2.45, 2.75) is 17.3 Å². The van der Waals surface area contributed by atoms with E-state index in [4.69, 9.17) is 11.6 Å². The van der Waals surface area contributed by atoms with Crippen LogP contribution in [-0.4, -0.2) is 33.3 Å². The monoisotopic (exact) mass is 416 g/mol. The van der Waals surface area contributed by atoms with Crippen LogP contribution in [0.1, 0.15) is 11.1 Å². The Balaban J connectivity index is 1.32. The number of hydrogen-bond acceptors (Lipinski definition) is 6. The summed E-state index contributed by atoms with van der Waals surface area (Å²) in [7, 11) is 0. The van der Waals surface area contributed by atoms with Crippen LogP contribution in [0.15, 0.2) is 52.9 Å². The molecule has 1 aromatic heterocycles. The van der Waals surface area contributed by atoms with Crippen molar-refractivity contribution < 1.29 is 4.79 Å². The molecule has 4 rings (SSSR count). The minimum absolute atomic E-state index is 0.133. The van der Waals surface area contributed by atoms with Gasteiger partial charge in [0, 0.05) is 23.8 Å². The molecule has 138 valence electrons. The molecule has 0 fully saturated rings. The zero-order chi connectivity index (χ0) is 18.6. The predicted octanol–water partition coefficient (Wildman–Crippen LogP) is 4.61. The van der Waals surface area contributed by atoms with Crippen LogP contribution >= 0.6 is 34.7 Å². The first-order chi connectivity index (χ1) is 13.2. The van der Waals surface area contributed by atoms with Crippen LogP contribution in [-0.2, 0) is 17.8 Å². The lowest BCUT2D eigenvalue weighted by Crippen LogP contribution is -2.37. The van der Waals surface area contributed by atoms with E-state index in [0.717, 1.165) is 23.0 Å². The Morgan fingerprint density at radius 2 is 2.04 bits per heavy atom. The molecule has 0 atom stereocenters. The molecule has 2 aromatic carbocycles. The van der Waals surface area contributed by atoms with E-state index in [2.05, 4.69) is 33.7 Å². The predicted molar refractivity (Wildman–Crippen MR) is 111 cm³/mol. The van der Waals surface area contributed by atoms with E-state index in [-0.39, 0.29) is 5.91 Å². The van der Waals surface area contributed by atoms with Crippen LogP contribution in [0.3, 0.4) is 0 Å². The molecular weight excluding hydrogens is 400 g/mol. The molecular formula is C19H17ClN4OS2. The lowest BCUT2D eigenvalue weighted by Gasteiger charge is -2.28. The Bertz CT molecular complexity index is 962. The molecule has 1 amide bonds. The number of fused-ring (bicyclic) bond motifs is 1. The summed E-state index contributed by atoms with van der Waals surface area (Å²) in [6, 6.07) is 15.7. The number of anilines is 2. The van der Waals surface area contributed by atoms with Crippen molar-refractivity contribution in [1.29, 1.82) is 0 Å². The summed E-state index contributed by atoms with van der Waals surface area (Å²) < 4.78 is 0.769. The average Bonchev–Trinajstić information content (AvgIpc) is 3.13. The van der Waals surface area contributed by atoms with Gasteiger partial charge in [0.15, 0.2) is 4.34 Å². The van der Waals surface area contributed by atoms with Crippen molar-refractivity contribution in [3.63, 3.8) is 0 Å². The van der Waals surface area contributed by atoms with Gasteiger partial charge in [-0.3, -0.25) is 4.79 Å². The average molecular weight is 417 g/mol. The Labute approximate surface area is 170 Å². The van der Waals surface area contributed by atoms with Gasteiger partial charge >= 0.3 is 0 Å². The number of nitrogens with one attached hydrogen (secondary N) is 1. The highest BCUT2D eigenvalue weighted by Gasteiger charge is 2.20. The van der Waals surface area contributed by atoms with Gasteiger partial charge in [0.1, 0.15) is 0 Å². The molecule has 0 radical (unpaired) electrons. The number of halogens is 1. The summed E-state index contributed by atoms with van der Waals surface area (Å²) in [4.78, 5) is 14.5. The number of nitrogens with zero attached hydrogens (tertiary/aromatic N) is 3. The summed E-state index contributed by atoms with van der Waals surface area (Å²) in [6.07, 6.45) is 0.916. The molecule has 1 aliphatic rings. The number of amides is 1. The number of rotatable bonds is 5. The van der Waals surface area contributed by atoms with Gasteiger partial charge in [-0.25, -0.2) is 0 Å². The summed E-state index contributed by atoms with van der Waals surface area (Å²) in [6.45, 7) is 1.46. The molecule has 0 saturated carbocycles. The van der Waals surface area contributed by atoms with Gasteiger partial charge in [0.25, 0.3) is 0 Å². The van der Waals surface area contributed by atoms with Crippen molar-refractivity contribution >= 4 is 51.4 Å². The summed E-state index contributed by atoms with van der Waals surface area (Å²) in [5.41, 5.74) is 3.44. The van der Waals surface area contributed by atoms with Gasteiger partial charge in [0.2, 0.25) is 11.0 Å². The van der Waals surface area contributed by atoms with Crippen molar-refractivity contribution in [2.75, 3.05) is 17.6 Å². The van der Waals surface area contributed by atoms with Crippen LogP contribution in [0.5, 0.6) is 0 Å². The Hall–Kier alpha value is -2.09. The molecule has 0 unspecified atom stereocenters. The first-order valence-corrected chi connectivity index (χ1v) is 10.7. The van der Waals surface area contributed by atoms with Gasteiger partial charge in [-0.2, -0.15) is 0 Å². The van der Waals surface area contributed by atoms with Gasteiger partial charge in [-0.05, 0) is 35.7 Å². The maximum atomic E-state index is 12.5. The van der Waals surface area contributed by atoms with Crippen molar-refractivity contribution in [3.05, 3.63) is 64.7 Å². The minimum atomic E-state index is 0.133. The zero-order valence-electron chi connectivity index (χ0n) is 14.4. The van der Waals surface area contributed by atoms with E-state index in [1.54, 1.807) is 0 Å². The second-order valence-corrected chi connectivity index (χ2v) is 8.77. The largest absolute Gasteiger partial charge is 0.337 e. The summed E-state index contributed by atoms with van der Waals surface area (Å²) in [5.74, 6) is 0.502. The zero-order valence-corrected chi connectivity index (χ0v) is 16.8. The number of carbonyl (C=O) groups is 1. The lowest BCUT2D eigenvalue weighted by atomic mass is 10.00. The highest BCUT2D eigenvalue weighted by Crippen LogP contribution is 2.29. The fraction of sp³-hybridized carbons (Fsp3) is 0.211. The number of thioether (sulfide) groups is 1. The Morgan fingerprint density at radius 1 is 1.19 bits per heavy atom. The number of benzene rings is 2. The quantitative estimate of drug-likeness (QED) is 0.615. The molecule has 0 spiro atoms. The van der Waals surface area contributed by atoms with Crippen molar-refractivity contribution in [1.82, 2.24) is 15.1 Å². The lowest BCUT2D eigenvalue weighted by molar-refractivity contribution is -0.129. The third-order valence-corrected chi connectivity index (χ3v) is 6.48.